The predicted molar refractivity (Wildman–Crippen MR) is 73.1 cm³/mol. The molecule has 4 nitrogen and oxygen atoms in total. The molecule has 0 aromatic carbocycles. The molecule has 0 aliphatic carbocycles. The van der Waals surface area contributed by atoms with E-state index in [0.717, 1.165) is 29.6 Å². The molecular formula is C11H20ClN3OS. The van der Waals surface area contributed by atoms with Crippen molar-refractivity contribution >= 4 is 23.4 Å². The van der Waals surface area contributed by atoms with Gasteiger partial charge in [-0.2, -0.15) is 0 Å². The van der Waals surface area contributed by atoms with E-state index in [0.29, 0.717) is 0 Å². The standard InChI is InChI=1S/C11H20ClN3OS/c1-9(2)15-10(16)13-14-11(15)17-8-6-4-3-5-7-12/h9H,3-8H2,1-2H3,(H,13,16). The molecule has 0 amide bonds. The quantitative estimate of drug-likeness (QED) is 0.451. The van der Waals surface area contributed by atoms with Crippen molar-refractivity contribution in [3.63, 3.8) is 0 Å². The number of thioether (sulfide) groups is 1. The lowest BCUT2D eigenvalue weighted by atomic mass is 10.2. The van der Waals surface area contributed by atoms with Gasteiger partial charge in [-0.3, -0.25) is 4.57 Å². The highest BCUT2D eigenvalue weighted by atomic mass is 35.5. The van der Waals surface area contributed by atoms with Gasteiger partial charge < -0.3 is 0 Å². The number of nitrogens with one attached hydrogen (secondary N) is 1. The molecule has 0 unspecified atom stereocenters. The molecule has 0 aliphatic heterocycles. The number of H-pyrrole nitrogens is 1. The Kier molecular flexibility index (Phi) is 6.73. The maximum atomic E-state index is 11.5. The van der Waals surface area contributed by atoms with E-state index in [-0.39, 0.29) is 11.7 Å². The van der Waals surface area contributed by atoms with Crippen molar-refractivity contribution < 1.29 is 0 Å². The molecule has 1 heterocycles. The van der Waals surface area contributed by atoms with Crippen molar-refractivity contribution in [3.05, 3.63) is 10.5 Å². The van der Waals surface area contributed by atoms with Gasteiger partial charge in [0.1, 0.15) is 0 Å². The Morgan fingerprint density at radius 2 is 2.06 bits per heavy atom. The number of unbranched alkanes of at least 4 members (excludes halogenated alkanes) is 3. The van der Waals surface area contributed by atoms with E-state index in [9.17, 15) is 4.79 Å². The van der Waals surface area contributed by atoms with Gasteiger partial charge in [0.05, 0.1) is 0 Å². The normalized spacial score (nSPS) is 11.3. The zero-order chi connectivity index (χ0) is 12.7. The van der Waals surface area contributed by atoms with Gasteiger partial charge in [-0.15, -0.1) is 16.7 Å². The molecule has 0 aliphatic rings. The summed E-state index contributed by atoms with van der Waals surface area (Å²) in [5.41, 5.74) is -0.121. The molecule has 0 fully saturated rings. The van der Waals surface area contributed by atoms with Crippen molar-refractivity contribution in [1.82, 2.24) is 14.8 Å². The van der Waals surface area contributed by atoms with Crippen LogP contribution in [0.3, 0.4) is 0 Å². The average Bonchev–Trinajstić information content (AvgIpc) is 2.65. The Balaban J connectivity index is 2.34. The van der Waals surface area contributed by atoms with Crippen LogP contribution in [0.2, 0.25) is 0 Å². The Morgan fingerprint density at radius 1 is 1.35 bits per heavy atom. The first-order chi connectivity index (χ1) is 8.16. The fourth-order valence-electron chi connectivity index (χ4n) is 1.56. The summed E-state index contributed by atoms with van der Waals surface area (Å²) in [5, 5.41) is 7.33. The molecule has 0 saturated heterocycles. The lowest BCUT2D eigenvalue weighted by Gasteiger charge is -2.08. The second kappa shape index (κ2) is 7.82. The molecule has 0 atom stereocenters. The summed E-state index contributed by atoms with van der Waals surface area (Å²) in [4.78, 5) is 11.5. The second-order valence-electron chi connectivity index (χ2n) is 4.23. The van der Waals surface area contributed by atoms with Crippen molar-refractivity contribution in [1.29, 1.82) is 0 Å². The monoisotopic (exact) mass is 277 g/mol. The number of halogens is 1. The predicted octanol–water partition coefficient (Wildman–Crippen LogP) is 3.04. The fourth-order valence-corrected chi connectivity index (χ4v) is 2.82. The minimum atomic E-state index is -0.121. The summed E-state index contributed by atoms with van der Waals surface area (Å²) < 4.78 is 1.70. The third kappa shape index (κ3) is 4.76. The third-order valence-electron chi connectivity index (χ3n) is 2.45. The van der Waals surface area contributed by atoms with E-state index in [1.165, 1.54) is 12.8 Å². The lowest BCUT2D eigenvalue weighted by molar-refractivity contribution is 0.534. The van der Waals surface area contributed by atoms with E-state index in [2.05, 4.69) is 10.2 Å². The van der Waals surface area contributed by atoms with Crippen LogP contribution in [0.25, 0.3) is 0 Å². The highest BCUT2D eigenvalue weighted by Crippen LogP contribution is 2.18. The number of hydrogen-bond acceptors (Lipinski definition) is 3. The smallest absolute Gasteiger partial charge is 0.268 e. The van der Waals surface area contributed by atoms with Gasteiger partial charge in [0.2, 0.25) is 0 Å². The van der Waals surface area contributed by atoms with Gasteiger partial charge >= 0.3 is 5.69 Å². The first-order valence-electron chi connectivity index (χ1n) is 6.02. The molecule has 0 spiro atoms. The van der Waals surface area contributed by atoms with Crippen molar-refractivity contribution in [3.8, 4) is 0 Å². The van der Waals surface area contributed by atoms with Crippen LogP contribution < -0.4 is 5.69 Å². The summed E-state index contributed by atoms with van der Waals surface area (Å²) in [7, 11) is 0. The van der Waals surface area contributed by atoms with Gasteiger partial charge in [-0.05, 0) is 26.7 Å². The largest absolute Gasteiger partial charge is 0.344 e. The maximum Gasteiger partial charge on any atom is 0.344 e. The average molecular weight is 278 g/mol. The third-order valence-corrected chi connectivity index (χ3v) is 3.75. The van der Waals surface area contributed by atoms with Crippen LogP contribution in [-0.4, -0.2) is 26.4 Å². The Bertz CT molecular complexity index is 375. The number of hydrogen-bond donors (Lipinski definition) is 1. The van der Waals surface area contributed by atoms with Crippen molar-refractivity contribution in [2.75, 3.05) is 11.6 Å². The number of aromatic nitrogens is 3. The summed E-state index contributed by atoms with van der Waals surface area (Å²) in [6.07, 6.45) is 4.60. The molecular weight excluding hydrogens is 258 g/mol. The number of nitrogens with zero attached hydrogens (tertiary/aromatic N) is 2. The maximum absolute atomic E-state index is 11.5. The molecule has 1 rings (SSSR count). The SMILES string of the molecule is CC(C)n1c(SCCCCCCCl)n[nH]c1=O. The van der Waals surface area contributed by atoms with Crippen LogP contribution in [0.1, 0.15) is 45.6 Å². The number of alkyl halides is 1. The molecule has 0 bridgehead atoms. The van der Waals surface area contributed by atoms with Crippen LogP contribution >= 0.6 is 23.4 Å². The number of aromatic amines is 1. The van der Waals surface area contributed by atoms with E-state index < -0.39 is 0 Å². The summed E-state index contributed by atoms with van der Waals surface area (Å²) >= 11 is 7.25. The Hall–Kier alpha value is -0.420. The minimum absolute atomic E-state index is 0.121. The van der Waals surface area contributed by atoms with Crippen LogP contribution in [0, 0.1) is 0 Å². The fraction of sp³-hybridized carbons (Fsp3) is 0.818. The van der Waals surface area contributed by atoms with Gasteiger partial charge in [0.15, 0.2) is 5.16 Å². The second-order valence-corrected chi connectivity index (χ2v) is 5.67. The molecule has 1 aromatic heterocycles. The van der Waals surface area contributed by atoms with E-state index in [1.807, 2.05) is 13.8 Å². The summed E-state index contributed by atoms with van der Waals surface area (Å²) in [6.45, 7) is 3.98. The zero-order valence-electron chi connectivity index (χ0n) is 10.4. The van der Waals surface area contributed by atoms with Crippen LogP contribution in [0.15, 0.2) is 9.95 Å². The van der Waals surface area contributed by atoms with E-state index >= 15 is 0 Å². The van der Waals surface area contributed by atoms with Crippen molar-refractivity contribution in [2.24, 2.45) is 0 Å². The Morgan fingerprint density at radius 3 is 2.71 bits per heavy atom. The highest BCUT2D eigenvalue weighted by Gasteiger charge is 2.10. The van der Waals surface area contributed by atoms with Crippen molar-refractivity contribution in [2.45, 2.75) is 50.7 Å². The van der Waals surface area contributed by atoms with Crippen LogP contribution in [0.4, 0.5) is 0 Å². The molecule has 1 N–H and O–H groups in total. The Labute approximate surface area is 111 Å². The summed E-state index contributed by atoms with van der Waals surface area (Å²) in [5.74, 6) is 1.75. The summed E-state index contributed by atoms with van der Waals surface area (Å²) in [6, 6.07) is 0.153. The molecule has 17 heavy (non-hydrogen) atoms. The molecule has 0 saturated carbocycles. The topological polar surface area (TPSA) is 50.7 Å². The van der Waals surface area contributed by atoms with Crippen LogP contribution in [-0.2, 0) is 0 Å². The minimum Gasteiger partial charge on any atom is -0.268 e. The van der Waals surface area contributed by atoms with E-state index in [1.54, 1.807) is 16.3 Å². The molecule has 1 aromatic rings. The first-order valence-corrected chi connectivity index (χ1v) is 7.54. The first kappa shape index (κ1) is 14.6. The van der Waals surface area contributed by atoms with Gasteiger partial charge in [0, 0.05) is 17.7 Å². The van der Waals surface area contributed by atoms with Crippen LogP contribution in [0.5, 0.6) is 0 Å². The molecule has 0 radical (unpaired) electrons. The number of rotatable bonds is 8. The van der Waals surface area contributed by atoms with E-state index in [4.69, 9.17) is 11.6 Å². The zero-order valence-corrected chi connectivity index (χ0v) is 12.0. The van der Waals surface area contributed by atoms with Gasteiger partial charge in [-0.25, -0.2) is 9.89 Å². The highest BCUT2D eigenvalue weighted by molar-refractivity contribution is 7.99. The van der Waals surface area contributed by atoms with Gasteiger partial charge in [0.25, 0.3) is 0 Å². The molecule has 98 valence electrons. The molecule has 6 heteroatoms. The lowest BCUT2D eigenvalue weighted by Crippen LogP contribution is -2.19. The van der Waals surface area contributed by atoms with Gasteiger partial charge in [-0.1, -0.05) is 24.6 Å².